The van der Waals surface area contributed by atoms with E-state index >= 15 is 0 Å². The van der Waals surface area contributed by atoms with Gasteiger partial charge in [0.2, 0.25) is 0 Å². The number of benzene rings is 1. The molecule has 3 nitrogen and oxygen atoms in total. The van der Waals surface area contributed by atoms with Gasteiger partial charge in [-0.25, -0.2) is 0 Å². The average Bonchev–Trinajstić information content (AvgIpc) is 2.94. The third-order valence-corrected chi connectivity index (χ3v) is 4.11. The Bertz CT molecular complexity index is 708. The maximum atomic E-state index is 10.6. The Balaban J connectivity index is 2.13. The zero-order valence-corrected chi connectivity index (χ0v) is 11.2. The molecule has 96 valence electrons. The summed E-state index contributed by atoms with van der Waals surface area (Å²) in [5.74, 6) is 0.601. The van der Waals surface area contributed by atoms with Gasteiger partial charge >= 0.3 is 0 Å². The minimum Gasteiger partial charge on any atom is -0.495 e. The van der Waals surface area contributed by atoms with Crippen molar-refractivity contribution in [3.63, 3.8) is 0 Å². The normalized spacial score (nSPS) is 12.5. The second-order valence-corrected chi connectivity index (χ2v) is 5.12. The van der Waals surface area contributed by atoms with Crippen LogP contribution in [0.5, 0.6) is 5.75 Å². The topological polar surface area (TPSA) is 42.4 Å². The zero-order chi connectivity index (χ0) is 13.2. The molecule has 0 saturated carbocycles. The number of thiophene rings is 1. The number of hydrogen-bond donors (Lipinski definition) is 1. The summed E-state index contributed by atoms with van der Waals surface area (Å²) in [6, 6.07) is 9.80. The quantitative estimate of drug-likeness (QED) is 0.794. The molecule has 0 aliphatic rings. The molecular weight excluding hydrogens is 258 g/mol. The average molecular weight is 271 g/mol. The highest BCUT2D eigenvalue weighted by atomic mass is 32.1. The first-order chi connectivity index (χ1) is 9.31. The van der Waals surface area contributed by atoms with Crippen LogP contribution < -0.4 is 4.74 Å². The molecule has 0 aliphatic heterocycles. The fraction of sp³-hybridized carbons (Fsp3) is 0.133. The van der Waals surface area contributed by atoms with Gasteiger partial charge in [0.15, 0.2) is 0 Å². The van der Waals surface area contributed by atoms with Crippen molar-refractivity contribution < 1.29 is 9.84 Å². The Morgan fingerprint density at radius 3 is 2.95 bits per heavy atom. The number of methoxy groups -OCH3 is 1. The summed E-state index contributed by atoms with van der Waals surface area (Å²) in [5.41, 5.74) is 1.63. The molecule has 0 radical (unpaired) electrons. The van der Waals surface area contributed by atoms with E-state index in [0.717, 1.165) is 21.2 Å². The van der Waals surface area contributed by atoms with Crippen LogP contribution in [0.1, 0.15) is 17.2 Å². The van der Waals surface area contributed by atoms with Crippen LogP contribution in [0.3, 0.4) is 0 Å². The first-order valence-electron chi connectivity index (χ1n) is 5.93. The van der Waals surface area contributed by atoms with Gasteiger partial charge in [-0.05, 0) is 22.9 Å². The number of hydrogen-bond acceptors (Lipinski definition) is 4. The summed E-state index contributed by atoms with van der Waals surface area (Å²) >= 11 is 1.63. The fourth-order valence-corrected chi connectivity index (χ4v) is 3.12. The highest BCUT2D eigenvalue weighted by molar-refractivity contribution is 7.17. The van der Waals surface area contributed by atoms with Crippen LogP contribution in [0.15, 0.2) is 48.1 Å². The Labute approximate surface area is 115 Å². The van der Waals surface area contributed by atoms with E-state index in [1.54, 1.807) is 36.9 Å². The summed E-state index contributed by atoms with van der Waals surface area (Å²) in [6.45, 7) is 0. The van der Waals surface area contributed by atoms with Crippen molar-refractivity contribution >= 4 is 21.4 Å². The minimum absolute atomic E-state index is 0.601. The first-order valence-corrected chi connectivity index (χ1v) is 6.81. The molecule has 1 aromatic carbocycles. The van der Waals surface area contributed by atoms with E-state index in [4.69, 9.17) is 4.74 Å². The van der Waals surface area contributed by atoms with Gasteiger partial charge in [-0.2, -0.15) is 0 Å². The predicted molar refractivity (Wildman–Crippen MR) is 76.7 cm³/mol. The Morgan fingerprint density at radius 1 is 1.21 bits per heavy atom. The first kappa shape index (κ1) is 12.1. The molecule has 2 heterocycles. The van der Waals surface area contributed by atoms with Crippen LogP contribution in [0.4, 0.5) is 0 Å². The molecule has 1 unspecified atom stereocenters. The standard InChI is InChI=1S/C15H13NO2S/c1-18-13-9-16-7-5-11(13)14(17)12-4-2-3-10-6-8-19-15(10)12/h2-9,14,17H,1H3. The number of aliphatic hydroxyl groups is 1. The lowest BCUT2D eigenvalue weighted by molar-refractivity contribution is 0.216. The third kappa shape index (κ3) is 2.09. The van der Waals surface area contributed by atoms with E-state index in [1.165, 1.54) is 0 Å². The fourth-order valence-electron chi connectivity index (χ4n) is 2.19. The molecule has 0 bridgehead atoms. The molecule has 1 N–H and O–H groups in total. The number of aromatic nitrogens is 1. The van der Waals surface area contributed by atoms with Crippen molar-refractivity contribution in [2.45, 2.75) is 6.10 Å². The van der Waals surface area contributed by atoms with Crippen LogP contribution >= 0.6 is 11.3 Å². The van der Waals surface area contributed by atoms with Crippen molar-refractivity contribution in [1.82, 2.24) is 4.98 Å². The molecule has 3 aromatic rings. The highest BCUT2D eigenvalue weighted by Gasteiger charge is 2.18. The lowest BCUT2D eigenvalue weighted by atomic mass is 10.0. The number of ether oxygens (including phenoxy) is 1. The van der Waals surface area contributed by atoms with Gasteiger partial charge in [-0.1, -0.05) is 18.2 Å². The molecule has 0 amide bonds. The van der Waals surface area contributed by atoms with E-state index in [2.05, 4.69) is 11.1 Å². The predicted octanol–water partition coefficient (Wildman–Crippen LogP) is 3.39. The molecule has 3 rings (SSSR count). The van der Waals surface area contributed by atoms with Crippen molar-refractivity contribution in [1.29, 1.82) is 0 Å². The third-order valence-electron chi connectivity index (χ3n) is 3.13. The lowest BCUT2D eigenvalue weighted by Crippen LogP contribution is -2.02. The monoisotopic (exact) mass is 271 g/mol. The van der Waals surface area contributed by atoms with Crippen LogP contribution in [-0.4, -0.2) is 17.2 Å². The SMILES string of the molecule is COc1cnccc1C(O)c1cccc2ccsc12. The summed E-state index contributed by atoms with van der Waals surface area (Å²) in [7, 11) is 1.58. The second-order valence-electron chi connectivity index (χ2n) is 4.21. The van der Waals surface area contributed by atoms with Crippen LogP contribution in [-0.2, 0) is 0 Å². The Kier molecular flexibility index (Phi) is 3.19. The Hall–Kier alpha value is -1.91. The maximum absolute atomic E-state index is 10.6. The van der Waals surface area contributed by atoms with E-state index in [9.17, 15) is 5.11 Å². The van der Waals surface area contributed by atoms with Crippen molar-refractivity contribution in [2.75, 3.05) is 7.11 Å². The Morgan fingerprint density at radius 2 is 2.11 bits per heavy atom. The second kappa shape index (κ2) is 4.99. The highest BCUT2D eigenvalue weighted by Crippen LogP contribution is 2.35. The van der Waals surface area contributed by atoms with Crippen LogP contribution in [0.2, 0.25) is 0 Å². The molecule has 19 heavy (non-hydrogen) atoms. The van der Waals surface area contributed by atoms with Gasteiger partial charge in [-0.15, -0.1) is 11.3 Å². The van der Waals surface area contributed by atoms with Crippen molar-refractivity contribution in [3.8, 4) is 5.75 Å². The van der Waals surface area contributed by atoms with Crippen LogP contribution in [0, 0.1) is 0 Å². The molecule has 0 saturated heterocycles. The largest absolute Gasteiger partial charge is 0.495 e. The molecular formula is C15H13NO2S. The molecule has 0 spiro atoms. The zero-order valence-electron chi connectivity index (χ0n) is 10.4. The summed E-state index contributed by atoms with van der Waals surface area (Å²) in [5, 5.41) is 13.8. The number of fused-ring (bicyclic) bond motifs is 1. The summed E-state index contributed by atoms with van der Waals surface area (Å²) < 4.78 is 6.37. The number of rotatable bonds is 3. The smallest absolute Gasteiger partial charge is 0.143 e. The summed E-state index contributed by atoms with van der Waals surface area (Å²) in [4.78, 5) is 4.01. The van der Waals surface area contributed by atoms with Gasteiger partial charge < -0.3 is 9.84 Å². The van der Waals surface area contributed by atoms with E-state index in [1.807, 2.05) is 23.6 Å². The number of aliphatic hydroxyl groups excluding tert-OH is 1. The van der Waals surface area contributed by atoms with Gasteiger partial charge in [0, 0.05) is 22.0 Å². The van der Waals surface area contributed by atoms with E-state index in [0.29, 0.717) is 5.75 Å². The van der Waals surface area contributed by atoms with Crippen LogP contribution in [0.25, 0.3) is 10.1 Å². The van der Waals surface area contributed by atoms with Crippen molar-refractivity contribution in [3.05, 3.63) is 59.2 Å². The lowest BCUT2D eigenvalue weighted by Gasteiger charge is -2.15. The molecule has 4 heteroatoms. The van der Waals surface area contributed by atoms with Gasteiger partial charge in [0.05, 0.1) is 13.3 Å². The van der Waals surface area contributed by atoms with Crippen molar-refractivity contribution in [2.24, 2.45) is 0 Å². The molecule has 0 aliphatic carbocycles. The number of nitrogens with zero attached hydrogens (tertiary/aromatic N) is 1. The number of pyridine rings is 1. The summed E-state index contributed by atoms with van der Waals surface area (Å²) in [6.07, 6.45) is 2.57. The molecule has 1 atom stereocenters. The van der Waals surface area contributed by atoms with E-state index < -0.39 is 6.10 Å². The van der Waals surface area contributed by atoms with Gasteiger partial charge in [0.25, 0.3) is 0 Å². The maximum Gasteiger partial charge on any atom is 0.143 e. The molecule has 0 fully saturated rings. The minimum atomic E-state index is -0.708. The molecule has 2 aromatic heterocycles. The van der Waals surface area contributed by atoms with Gasteiger partial charge in [0.1, 0.15) is 11.9 Å². The van der Waals surface area contributed by atoms with Gasteiger partial charge in [-0.3, -0.25) is 4.98 Å². The van der Waals surface area contributed by atoms with E-state index in [-0.39, 0.29) is 0 Å².